The van der Waals surface area contributed by atoms with Gasteiger partial charge in [-0.05, 0) is 6.42 Å². The minimum atomic E-state index is -2.98. The summed E-state index contributed by atoms with van der Waals surface area (Å²) >= 11 is 1.73. The van der Waals surface area contributed by atoms with Crippen molar-refractivity contribution >= 4 is 21.6 Å². The van der Waals surface area contributed by atoms with E-state index in [1.807, 2.05) is 0 Å². The molecule has 0 amide bonds. The van der Waals surface area contributed by atoms with Gasteiger partial charge in [0.25, 0.3) is 0 Å². The van der Waals surface area contributed by atoms with Crippen LogP contribution in [0.5, 0.6) is 0 Å². The van der Waals surface area contributed by atoms with Gasteiger partial charge < -0.3 is 5.73 Å². The van der Waals surface area contributed by atoms with Gasteiger partial charge in [0.2, 0.25) is 0 Å². The van der Waals surface area contributed by atoms with Crippen molar-refractivity contribution < 1.29 is 8.42 Å². The van der Waals surface area contributed by atoms with E-state index in [4.69, 9.17) is 5.73 Å². The second-order valence-electron chi connectivity index (χ2n) is 4.52. The normalized spacial score (nSPS) is 24.8. The summed E-state index contributed by atoms with van der Waals surface area (Å²) in [5.74, 6) is 1.92. The second kappa shape index (κ2) is 6.97. The minimum absolute atomic E-state index is 0.0951. The lowest BCUT2D eigenvalue weighted by Crippen LogP contribution is -2.51. The van der Waals surface area contributed by atoms with Crippen LogP contribution in [0.2, 0.25) is 0 Å². The Kier molecular flexibility index (Phi) is 6.26. The molecule has 17 heavy (non-hydrogen) atoms. The van der Waals surface area contributed by atoms with Gasteiger partial charge in [0.05, 0.1) is 0 Å². The van der Waals surface area contributed by atoms with Gasteiger partial charge in [-0.3, -0.25) is 4.90 Å². The number of sulfone groups is 1. The van der Waals surface area contributed by atoms with E-state index in [2.05, 4.69) is 11.8 Å². The van der Waals surface area contributed by atoms with Crippen molar-refractivity contribution in [3.63, 3.8) is 0 Å². The molecule has 0 aromatic rings. The topological polar surface area (TPSA) is 63.4 Å². The summed E-state index contributed by atoms with van der Waals surface area (Å²) in [5, 5.41) is -0.325. The SMILES string of the molecule is CCCC(N)CN1CCSCC1S(=O)(=O)CC. The maximum Gasteiger partial charge on any atom is 0.166 e. The number of hydrogen-bond donors (Lipinski definition) is 1. The Bertz CT molecular complexity index is 319. The molecule has 0 saturated carbocycles. The van der Waals surface area contributed by atoms with Crippen molar-refractivity contribution in [2.75, 3.05) is 30.3 Å². The van der Waals surface area contributed by atoms with E-state index in [-0.39, 0.29) is 17.2 Å². The number of rotatable bonds is 6. The first kappa shape index (κ1) is 15.3. The molecule has 2 atom stereocenters. The molecular weight excluding hydrogens is 256 g/mol. The van der Waals surface area contributed by atoms with E-state index in [9.17, 15) is 8.42 Å². The summed E-state index contributed by atoms with van der Waals surface area (Å²) in [7, 11) is -2.98. The predicted molar refractivity (Wildman–Crippen MR) is 75.0 cm³/mol. The van der Waals surface area contributed by atoms with Crippen LogP contribution >= 0.6 is 11.8 Å². The zero-order valence-electron chi connectivity index (χ0n) is 10.8. The second-order valence-corrected chi connectivity index (χ2v) is 8.12. The molecule has 0 aromatic heterocycles. The molecule has 0 radical (unpaired) electrons. The first-order valence-corrected chi connectivity index (χ1v) is 9.17. The lowest BCUT2D eigenvalue weighted by molar-refractivity contribution is 0.248. The summed E-state index contributed by atoms with van der Waals surface area (Å²) < 4.78 is 24.0. The maximum absolute atomic E-state index is 12.0. The van der Waals surface area contributed by atoms with Crippen molar-refractivity contribution in [1.29, 1.82) is 0 Å². The molecular formula is C11H24N2O2S2. The zero-order valence-corrected chi connectivity index (χ0v) is 12.4. The van der Waals surface area contributed by atoms with Crippen molar-refractivity contribution in [2.24, 2.45) is 5.73 Å². The first-order valence-electron chi connectivity index (χ1n) is 6.30. The molecule has 1 heterocycles. The molecule has 0 bridgehead atoms. The quantitative estimate of drug-likeness (QED) is 0.784. The highest BCUT2D eigenvalue weighted by Gasteiger charge is 2.33. The smallest absolute Gasteiger partial charge is 0.166 e. The van der Waals surface area contributed by atoms with Crippen molar-refractivity contribution in [3.05, 3.63) is 0 Å². The van der Waals surface area contributed by atoms with E-state index in [1.54, 1.807) is 18.7 Å². The van der Waals surface area contributed by atoms with Gasteiger partial charge in [-0.1, -0.05) is 20.3 Å². The molecule has 0 aliphatic carbocycles. The molecule has 0 aromatic carbocycles. The number of nitrogens with zero attached hydrogens (tertiary/aromatic N) is 1. The van der Waals surface area contributed by atoms with E-state index in [0.29, 0.717) is 12.3 Å². The number of nitrogens with two attached hydrogens (primary N) is 1. The third kappa shape index (κ3) is 4.43. The van der Waals surface area contributed by atoms with Gasteiger partial charge in [-0.2, -0.15) is 11.8 Å². The van der Waals surface area contributed by atoms with Crippen LogP contribution in [0.15, 0.2) is 0 Å². The van der Waals surface area contributed by atoms with Crippen LogP contribution < -0.4 is 5.73 Å². The molecule has 1 fully saturated rings. The van der Waals surface area contributed by atoms with Crippen molar-refractivity contribution in [1.82, 2.24) is 4.90 Å². The predicted octanol–water partition coefficient (Wildman–Crippen LogP) is 0.923. The molecule has 1 aliphatic rings. The Morgan fingerprint density at radius 2 is 2.18 bits per heavy atom. The third-order valence-electron chi connectivity index (χ3n) is 3.14. The minimum Gasteiger partial charge on any atom is -0.327 e. The number of thioether (sulfide) groups is 1. The monoisotopic (exact) mass is 280 g/mol. The van der Waals surface area contributed by atoms with Crippen LogP contribution in [0, 0.1) is 0 Å². The van der Waals surface area contributed by atoms with E-state index < -0.39 is 9.84 Å². The van der Waals surface area contributed by atoms with Crippen LogP contribution in [0.25, 0.3) is 0 Å². The molecule has 4 nitrogen and oxygen atoms in total. The average Bonchev–Trinajstić information content (AvgIpc) is 2.30. The summed E-state index contributed by atoms with van der Waals surface area (Å²) in [6.45, 7) is 5.37. The highest BCUT2D eigenvalue weighted by Crippen LogP contribution is 2.21. The summed E-state index contributed by atoms with van der Waals surface area (Å²) in [6, 6.07) is 0.0951. The highest BCUT2D eigenvalue weighted by molar-refractivity contribution is 8.01. The Morgan fingerprint density at radius 3 is 2.76 bits per heavy atom. The fourth-order valence-corrected chi connectivity index (χ4v) is 5.20. The largest absolute Gasteiger partial charge is 0.327 e. The lowest BCUT2D eigenvalue weighted by atomic mass is 10.1. The van der Waals surface area contributed by atoms with Crippen LogP contribution in [-0.4, -0.2) is 55.1 Å². The third-order valence-corrected chi connectivity index (χ3v) is 6.47. The molecule has 102 valence electrons. The Morgan fingerprint density at radius 1 is 1.47 bits per heavy atom. The fraction of sp³-hybridized carbons (Fsp3) is 1.00. The average molecular weight is 280 g/mol. The highest BCUT2D eigenvalue weighted by atomic mass is 32.2. The summed E-state index contributed by atoms with van der Waals surface area (Å²) in [6.07, 6.45) is 2.01. The van der Waals surface area contributed by atoms with Gasteiger partial charge in [0.15, 0.2) is 9.84 Å². The Hall–Kier alpha value is 0.220. The molecule has 0 spiro atoms. The molecule has 2 N–H and O–H groups in total. The lowest BCUT2D eigenvalue weighted by Gasteiger charge is -2.36. The zero-order chi connectivity index (χ0) is 12.9. The molecule has 1 aliphatic heterocycles. The number of hydrogen-bond acceptors (Lipinski definition) is 5. The Balaban J connectivity index is 2.66. The maximum atomic E-state index is 12.0. The standard InChI is InChI=1S/C11H24N2O2S2/c1-3-5-10(12)8-13-6-7-16-9-11(13)17(14,15)4-2/h10-11H,3-9,12H2,1-2H3. The van der Waals surface area contributed by atoms with E-state index >= 15 is 0 Å². The van der Waals surface area contributed by atoms with E-state index in [1.165, 1.54) is 0 Å². The van der Waals surface area contributed by atoms with Crippen LogP contribution in [0.3, 0.4) is 0 Å². The summed E-state index contributed by atoms with van der Waals surface area (Å²) in [4.78, 5) is 2.07. The van der Waals surface area contributed by atoms with Crippen LogP contribution in [0.4, 0.5) is 0 Å². The van der Waals surface area contributed by atoms with Crippen LogP contribution in [0.1, 0.15) is 26.7 Å². The molecule has 1 rings (SSSR count). The van der Waals surface area contributed by atoms with E-state index in [0.717, 1.165) is 25.1 Å². The Labute approximate surface area is 109 Å². The molecule has 1 saturated heterocycles. The fourth-order valence-electron chi connectivity index (χ4n) is 2.11. The van der Waals surface area contributed by atoms with Crippen LogP contribution in [-0.2, 0) is 9.84 Å². The molecule has 6 heteroatoms. The van der Waals surface area contributed by atoms with Crippen molar-refractivity contribution in [3.8, 4) is 0 Å². The first-order chi connectivity index (χ1) is 8.01. The molecule has 2 unspecified atom stereocenters. The van der Waals surface area contributed by atoms with Gasteiger partial charge in [-0.15, -0.1) is 0 Å². The van der Waals surface area contributed by atoms with Gasteiger partial charge in [-0.25, -0.2) is 8.42 Å². The summed E-state index contributed by atoms with van der Waals surface area (Å²) in [5.41, 5.74) is 6.02. The van der Waals surface area contributed by atoms with Gasteiger partial charge in [0, 0.05) is 36.4 Å². The van der Waals surface area contributed by atoms with Gasteiger partial charge in [0.1, 0.15) is 5.37 Å². The van der Waals surface area contributed by atoms with Crippen molar-refractivity contribution in [2.45, 2.75) is 38.1 Å². The van der Waals surface area contributed by atoms with Gasteiger partial charge >= 0.3 is 0 Å².